The van der Waals surface area contributed by atoms with Crippen LogP contribution in [0.4, 0.5) is 14.9 Å². The molecule has 2 rings (SSSR count). The molecule has 0 bridgehead atoms. The van der Waals surface area contributed by atoms with Crippen LogP contribution in [0.15, 0.2) is 22.7 Å². The number of carbonyl (C=O) groups excluding carboxylic acids is 1. The third kappa shape index (κ3) is 3.72. The average Bonchev–Trinajstić information content (AvgIpc) is 2.43. The van der Waals surface area contributed by atoms with Crippen molar-refractivity contribution in [1.82, 2.24) is 5.32 Å². The Balaban J connectivity index is 2.09. The number of anilines is 1. The van der Waals surface area contributed by atoms with Crippen LogP contribution < -0.4 is 10.6 Å². The minimum absolute atomic E-state index is 0.00165. The quantitative estimate of drug-likeness (QED) is 0.773. The number of carboxylic acids is 1. The molecule has 1 aromatic rings. The van der Waals surface area contributed by atoms with Gasteiger partial charge in [0, 0.05) is 4.47 Å². The smallest absolute Gasteiger partial charge is 0.329 e. The van der Waals surface area contributed by atoms with Gasteiger partial charge in [0.05, 0.1) is 5.69 Å². The summed E-state index contributed by atoms with van der Waals surface area (Å²) in [6.45, 7) is 0. The second-order valence-electron chi connectivity index (χ2n) is 5.15. The highest BCUT2D eigenvalue weighted by Gasteiger charge is 2.41. The highest BCUT2D eigenvalue weighted by molar-refractivity contribution is 9.10. The standard InChI is InChI=1S/C14H16BrFN2O3/c15-9-4-5-10(16)11(8-9)17-13(21)18-14(12(19)20)6-2-1-3-7-14/h4-5,8H,1-3,6-7H2,(H,19,20)(H2,17,18,21). The number of benzene rings is 1. The average molecular weight is 359 g/mol. The Kier molecular flexibility index (Phi) is 4.82. The molecule has 7 heteroatoms. The molecule has 114 valence electrons. The Bertz CT molecular complexity index is 559. The highest BCUT2D eigenvalue weighted by Crippen LogP contribution is 2.29. The molecule has 0 aliphatic heterocycles. The Morgan fingerprint density at radius 2 is 1.90 bits per heavy atom. The van der Waals surface area contributed by atoms with Crippen molar-refractivity contribution in [3.8, 4) is 0 Å². The van der Waals surface area contributed by atoms with Crippen molar-refractivity contribution < 1.29 is 19.1 Å². The number of rotatable bonds is 3. The molecule has 0 saturated heterocycles. The lowest BCUT2D eigenvalue weighted by Gasteiger charge is -2.33. The van der Waals surface area contributed by atoms with Gasteiger partial charge in [0.15, 0.2) is 0 Å². The predicted octanol–water partition coefficient (Wildman–Crippen LogP) is 3.50. The Morgan fingerprint density at radius 3 is 2.52 bits per heavy atom. The van der Waals surface area contributed by atoms with Gasteiger partial charge in [-0.2, -0.15) is 0 Å². The maximum Gasteiger partial charge on any atom is 0.329 e. The van der Waals surface area contributed by atoms with Crippen LogP contribution in [0, 0.1) is 5.82 Å². The van der Waals surface area contributed by atoms with E-state index >= 15 is 0 Å². The first-order chi connectivity index (χ1) is 9.93. The minimum Gasteiger partial charge on any atom is -0.480 e. The molecule has 1 aromatic carbocycles. The molecule has 0 unspecified atom stereocenters. The molecule has 0 heterocycles. The molecule has 5 nitrogen and oxygen atoms in total. The lowest BCUT2D eigenvalue weighted by atomic mass is 9.82. The predicted molar refractivity (Wildman–Crippen MR) is 79.7 cm³/mol. The topological polar surface area (TPSA) is 78.4 Å². The number of aliphatic carboxylic acids is 1. The summed E-state index contributed by atoms with van der Waals surface area (Å²) in [7, 11) is 0. The van der Waals surface area contributed by atoms with E-state index in [0.717, 1.165) is 19.3 Å². The first kappa shape index (κ1) is 15.8. The fourth-order valence-electron chi connectivity index (χ4n) is 2.51. The lowest BCUT2D eigenvalue weighted by molar-refractivity contribution is -0.145. The number of halogens is 2. The Hall–Kier alpha value is -1.63. The van der Waals surface area contributed by atoms with E-state index in [1.807, 2.05) is 0 Å². The number of carboxylic acid groups (broad SMARTS) is 1. The van der Waals surface area contributed by atoms with Gasteiger partial charge >= 0.3 is 12.0 Å². The number of carbonyl (C=O) groups is 2. The molecule has 0 aromatic heterocycles. The van der Waals surface area contributed by atoms with Crippen molar-refractivity contribution in [3.05, 3.63) is 28.5 Å². The van der Waals surface area contributed by atoms with Gasteiger partial charge in [-0.1, -0.05) is 35.2 Å². The van der Waals surface area contributed by atoms with Crippen LogP contribution in [-0.4, -0.2) is 22.6 Å². The SMILES string of the molecule is O=C(Nc1cc(Br)ccc1F)NC1(C(=O)O)CCCCC1. The molecule has 1 aliphatic rings. The first-order valence-corrected chi connectivity index (χ1v) is 7.50. The van der Waals surface area contributed by atoms with E-state index in [1.54, 1.807) is 0 Å². The van der Waals surface area contributed by atoms with E-state index in [0.29, 0.717) is 17.3 Å². The maximum absolute atomic E-state index is 13.6. The van der Waals surface area contributed by atoms with Crippen molar-refractivity contribution in [3.63, 3.8) is 0 Å². The van der Waals surface area contributed by atoms with E-state index in [1.165, 1.54) is 18.2 Å². The summed E-state index contributed by atoms with van der Waals surface area (Å²) in [5, 5.41) is 14.2. The van der Waals surface area contributed by atoms with Gasteiger partial charge in [-0.05, 0) is 31.0 Å². The van der Waals surface area contributed by atoms with Crippen LogP contribution >= 0.6 is 15.9 Å². The summed E-state index contributed by atoms with van der Waals surface area (Å²) in [6.07, 6.45) is 3.22. The van der Waals surface area contributed by atoms with Crippen molar-refractivity contribution in [2.75, 3.05) is 5.32 Å². The zero-order valence-corrected chi connectivity index (χ0v) is 12.9. The summed E-state index contributed by atoms with van der Waals surface area (Å²) in [5.74, 6) is -1.63. The van der Waals surface area contributed by atoms with Crippen LogP contribution in [0.1, 0.15) is 32.1 Å². The largest absolute Gasteiger partial charge is 0.480 e. The Morgan fingerprint density at radius 1 is 1.24 bits per heavy atom. The molecule has 21 heavy (non-hydrogen) atoms. The van der Waals surface area contributed by atoms with Crippen molar-refractivity contribution in [2.45, 2.75) is 37.6 Å². The molecule has 0 radical (unpaired) electrons. The number of hydrogen-bond acceptors (Lipinski definition) is 2. The zero-order chi connectivity index (χ0) is 15.5. The van der Waals surface area contributed by atoms with Crippen molar-refractivity contribution >= 4 is 33.6 Å². The van der Waals surface area contributed by atoms with Gasteiger partial charge in [0.2, 0.25) is 0 Å². The maximum atomic E-state index is 13.6. The van der Waals surface area contributed by atoms with E-state index in [-0.39, 0.29) is 5.69 Å². The van der Waals surface area contributed by atoms with E-state index in [4.69, 9.17) is 0 Å². The lowest BCUT2D eigenvalue weighted by Crippen LogP contribution is -2.56. The van der Waals surface area contributed by atoms with E-state index in [9.17, 15) is 19.1 Å². The number of amides is 2. The number of hydrogen-bond donors (Lipinski definition) is 3. The molecular weight excluding hydrogens is 343 g/mol. The fraction of sp³-hybridized carbons (Fsp3) is 0.429. The van der Waals surface area contributed by atoms with Crippen molar-refractivity contribution in [2.24, 2.45) is 0 Å². The third-order valence-electron chi connectivity index (χ3n) is 3.65. The van der Waals surface area contributed by atoms with Crippen LogP contribution in [0.3, 0.4) is 0 Å². The second kappa shape index (κ2) is 6.43. The third-order valence-corrected chi connectivity index (χ3v) is 4.14. The van der Waals surface area contributed by atoms with Crippen LogP contribution in [-0.2, 0) is 4.79 Å². The second-order valence-corrected chi connectivity index (χ2v) is 6.07. The van der Waals surface area contributed by atoms with Gasteiger partial charge in [-0.25, -0.2) is 14.0 Å². The van der Waals surface area contributed by atoms with E-state index in [2.05, 4.69) is 26.6 Å². The highest BCUT2D eigenvalue weighted by atomic mass is 79.9. The van der Waals surface area contributed by atoms with Crippen molar-refractivity contribution in [1.29, 1.82) is 0 Å². The zero-order valence-electron chi connectivity index (χ0n) is 11.3. The molecular formula is C14H16BrFN2O3. The molecule has 1 saturated carbocycles. The molecule has 0 spiro atoms. The molecule has 3 N–H and O–H groups in total. The summed E-state index contributed by atoms with van der Waals surface area (Å²) in [5.41, 5.74) is -1.26. The summed E-state index contributed by atoms with van der Waals surface area (Å²) in [4.78, 5) is 23.4. The van der Waals surface area contributed by atoms with Gasteiger partial charge in [0.25, 0.3) is 0 Å². The first-order valence-electron chi connectivity index (χ1n) is 6.70. The molecule has 0 atom stereocenters. The van der Waals surface area contributed by atoms with Gasteiger partial charge < -0.3 is 15.7 Å². The Labute approximate surface area is 130 Å². The fourth-order valence-corrected chi connectivity index (χ4v) is 2.87. The molecule has 1 fully saturated rings. The van der Waals surface area contributed by atoms with Gasteiger partial charge in [-0.15, -0.1) is 0 Å². The van der Waals surface area contributed by atoms with Crippen LogP contribution in [0.2, 0.25) is 0 Å². The van der Waals surface area contributed by atoms with Crippen LogP contribution in [0.25, 0.3) is 0 Å². The normalized spacial score (nSPS) is 17.0. The number of urea groups is 1. The number of nitrogens with one attached hydrogen (secondary N) is 2. The van der Waals surface area contributed by atoms with Gasteiger partial charge in [-0.3, -0.25) is 0 Å². The van der Waals surface area contributed by atoms with E-state index < -0.39 is 23.4 Å². The monoisotopic (exact) mass is 358 g/mol. The van der Waals surface area contributed by atoms with Gasteiger partial charge in [0.1, 0.15) is 11.4 Å². The molecule has 2 amide bonds. The molecule has 1 aliphatic carbocycles. The van der Waals surface area contributed by atoms with Crippen LogP contribution in [0.5, 0.6) is 0 Å². The summed E-state index contributed by atoms with van der Waals surface area (Å²) in [6, 6.07) is 3.44. The minimum atomic E-state index is -1.26. The summed E-state index contributed by atoms with van der Waals surface area (Å²) >= 11 is 3.19. The summed E-state index contributed by atoms with van der Waals surface area (Å²) < 4.78 is 14.2.